The van der Waals surface area contributed by atoms with Crippen molar-refractivity contribution in [3.05, 3.63) is 17.5 Å². The minimum Gasteiger partial charge on any atom is -0.381 e. The van der Waals surface area contributed by atoms with Crippen LogP contribution < -0.4 is 0 Å². The summed E-state index contributed by atoms with van der Waals surface area (Å²) in [6.45, 7) is 3.69. The SMILES string of the molecule is CN(C1CCN(C2CCOCC2)CC1)S(=O)(=O)c1cccs1. The maximum absolute atomic E-state index is 12.6. The number of hydrogen-bond donors (Lipinski definition) is 0. The second-order valence-corrected chi connectivity index (χ2v) is 9.24. The maximum atomic E-state index is 12.6. The summed E-state index contributed by atoms with van der Waals surface area (Å²) in [6, 6.07) is 4.21. The van der Waals surface area contributed by atoms with Gasteiger partial charge in [-0.2, -0.15) is 4.31 Å². The minimum atomic E-state index is -3.32. The van der Waals surface area contributed by atoms with Gasteiger partial charge in [0.2, 0.25) is 0 Å². The summed E-state index contributed by atoms with van der Waals surface area (Å²) in [5.41, 5.74) is 0. The molecular weight excluding hydrogens is 320 g/mol. The zero-order valence-corrected chi connectivity index (χ0v) is 14.6. The molecule has 2 aliphatic rings. The summed E-state index contributed by atoms with van der Waals surface area (Å²) in [4.78, 5) is 2.52. The molecular formula is C15H24N2O3S2. The lowest BCUT2D eigenvalue weighted by molar-refractivity contribution is 0.0208. The molecule has 1 aromatic heterocycles. The molecule has 2 aliphatic heterocycles. The second kappa shape index (κ2) is 6.97. The highest BCUT2D eigenvalue weighted by Gasteiger charge is 2.33. The van der Waals surface area contributed by atoms with Crippen LogP contribution >= 0.6 is 11.3 Å². The van der Waals surface area contributed by atoms with Crippen LogP contribution in [0.5, 0.6) is 0 Å². The Bertz CT molecular complexity index is 560. The minimum absolute atomic E-state index is 0.114. The second-order valence-electron chi connectivity index (χ2n) is 6.06. The first-order chi connectivity index (χ1) is 10.6. The van der Waals surface area contributed by atoms with E-state index < -0.39 is 10.0 Å². The van der Waals surface area contributed by atoms with Crippen LogP contribution in [-0.4, -0.2) is 63.1 Å². The molecule has 2 fully saturated rings. The molecule has 5 nitrogen and oxygen atoms in total. The lowest BCUT2D eigenvalue weighted by atomic mass is 10.00. The number of sulfonamides is 1. The van der Waals surface area contributed by atoms with Gasteiger partial charge in [-0.25, -0.2) is 8.42 Å². The highest BCUT2D eigenvalue weighted by molar-refractivity contribution is 7.91. The molecule has 0 radical (unpaired) electrons. The normalized spacial score (nSPS) is 23.2. The molecule has 124 valence electrons. The first kappa shape index (κ1) is 16.4. The average Bonchev–Trinajstić information content (AvgIpc) is 3.10. The quantitative estimate of drug-likeness (QED) is 0.838. The number of hydrogen-bond acceptors (Lipinski definition) is 5. The van der Waals surface area contributed by atoms with Crippen molar-refractivity contribution in [3.8, 4) is 0 Å². The number of rotatable bonds is 4. The molecule has 0 amide bonds. The van der Waals surface area contributed by atoms with E-state index in [1.54, 1.807) is 23.5 Å². The fraction of sp³-hybridized carbons (Fsp3) is 0.733. The van der Waals surface area contributed by atoms with Gasteiger partial charge in [0, 0.05) is 32.3 Å². The van der Waals surface area contributed by atoms with E-state index >= 15 is 0 Å². The first-order valence-corrected chi connectivity index (χ1v) is 10.2. The highest BCUT2D eigenvalue weighted by atomic mass is 32.2. The number of nitrogens with zero attached hydrogens (tertiary/aromatic N) is 2. The van der Waals surface area contributed by atoms with Crippen molar-refractivity contribution in [2.24, 2.45) is 0 Å². The van der Waals surface area contributed by atoms with E-state index in [9.17, 15) is 8.42 Å². The smallest absolute Gasteiger partial charge is 0.252 e. The van der Waals surface area contributed by atoms with E-state index in [0.29, 0.717) is 10.3 Å². The van der Waals surface area contributed by atoms with Gasteiger partial charge in [-0.1, -0.05) is 6.07 Å². The van der Waals surface area contributed by atoms with Crippen LogP contribution in [-0.2, 0) is 14.8 Å². The third-order valence-electron chi connectivity index (χ3n) is 4.85. The number of likely N-dealkylation sites (tertiary alicyclic amines) is 1. The molecule has 3 rings (SSSR count). The first-order valence-electron chi connectivity index (χ1n) is 7.92. The van der Waals surface area contributed by atoms with Crippen LogP contribution in [0.15, 0.2) is 21.7 Å². The van der Waals surface area contributed by atoms with Gasteiger partial charge < -0.3 is 9.64 Å². The fourth-order valence-electron chi connectivity index (χ4n) is 3.41. The van der Waals surface area contributed by atoms with Crippen molar-refractivity contribution < 1.29 is 13.2 Å². The summed E-state index contributed by atoms with van der Waals surface area (Å²) in [6.07, 6.45) is 4.04. The fourth-order valence-corrected chi connectivity index (χ4v) is 6.01. The van der Waals surface area contributed by atoms with Gasteiger partial charge in [-0.05, 0) is 50.2 Å². The standard InChI is InChI=1S/C15H24N2O3S2/c1-16(22(18,19)15-3-2-12-21-15)13-4-8-17(9-5-13)14-6-10-20-11-7-14/h2-3,12-14H,4-11H2,1H3. The number of piperidine rings is 1. The molecule has 2 saturated heterocycles. The van der Waals surface area contributed by atoms with Crippen LogP contribution in [0.4, 0.5) is 0 Å². The zero-order chi connectivity index (χ0) is 15.6. The van der Waals surface area contributed by atoms with E-state index in [0.717, 1.165) is 52.0 Å². The van der Waals surface area contributed by atoms with Crippen molar-refractivity contribution in [3.63, 3.8) is 0 Å². The molecule has 0 aliphatic carbocycles. The van der Waals surface area contributed by atoms with Crippen LogP contribution in [0.3, 0.4) is 0 Å². The zero-order valence-electron chi connectivity index (χ0n) is 13.0. The number of ether oxygens (including phenoxy) is 1. The monoisotopic (exact) mass is 344 g/mol. The third kappa shape index (κ3) is 3.38. The van der Waals surface area contributed by atoms with E-state index in [4.69, 9.17) is 4.74 Å². The van der Waals surface area contributed by atoms with Crippen LogP contribution in [0.2, 0.25) is 0 Å². The van der Waals surface area contributed by atoms with Gasteiger partial charge in [-0.3, -0.25) is 0 Å². The Hall–Kier alpha value is -0.470. The van der Waals surface area contributed by atoms with E-state index in [-0.39, 0.29) is 6.04 Å². The molecule has 0 N–H and O–H groups in total. The van der Waals surface area contributed by atoms with Crippen molar-refractivity contribution in [2.45, 2.75) is 42.0 Å². The van der Waals surface area contributed by atoms with Crippen molar-refractivity contribution in [1.82, 2.24) is 9.21 Å². The van der Waals surface area contributed by atoms with Gasteiger partial charge in [0.1, 0.15) is 4.21 Å². The Morgan fingerprint density at radius 3 is 2.50 bits per heavy atom. The topological polar surface area (TPSA) is 49.9 Å². The van der Waals surface area contributed by atoms with Crippen molar-refractivity contribution in [2.75, 3.05) is 33.4 Å². The summed E-state index contributed by atoms with van der Waals surface area (Å²) >= 11 is 1.29. The van der Waals surface area contributed by atoms with Crippen molar-refractivity contribution >= 4 is 21.4 Å². The van der Waals surface area contributed by atoms with E-state index in [1.807, 2.05) is 5.38 Å². The Labute approximate surface area is 136 Å². The van der Waals surface area contributed by atoms with Gasteiger partial charge in [0.25, 0.3) is 10.0 Å². The van der Waals surface area contributed by atoms with E-state index in [2.05, 4.69) is 4.90 Å². The maximum Gasteiger partial charge on any atom is 0.252 e. The average molecular weight is 345 g/mol. The largest absolute Gasteiger partial charge is 0.381 e. The molecule has 0 spiro atoms. The highest BCUT2D eigenvalue weighted by Crippen LogP contribution is 2.27. The van der Waals surface area contributed by atoms with E-state index in [1.165, 1.54) is 11.3 Å². The molecule has 0 atom stereocenters. The van der Waals surface area contributed by atoms with Gasteiger partial charge in [0.15, 0.2) is 0 Å². The summed E-state index contributed by atoms with van der Waals surface area (Å²) in [5.74, 6) is 0. The van der Waals surface area contributed by atoms with Crippen LogP contribution in [0, 0.1) is 0 Å². The Morgan fingerprint density at radius 2 is 1.91 bits per heavy atom. The summed E-state index contributed by atoms with van der Waals surface area (Å²) in [7, 11) is -1.60. The van der Waals surface area contributed by atoms with Crippen LogP contribution in [0.1, 0.15) is 25.7 Å². The molecule has 0 unspecified atom stereocenters. The Kier molecular flexibility index (Phi) is 5.19. The third-order valence-corrected chi connectivity index (χ3v) is 8.13. The Morgan fingerprint density at radius 1 is 1.23 bits per heavy atom. The molecule has 7 heteroatoms. The predicted octanol–water partition coefficient (Wildman–Crippen LogP) is 2.01. The predicted molar refractivity (Wildman–Crippen MR) is 87.7 cm³/mol. The van der Waals surface area contributed by atoms with Crippen molar-refractivity contribution in [1.29, 1.82) is 0 Å². The lowest BCUT2D eigenvalue weighted by Gasteiger charge is -2.41. The van der Waals surface area contributed by atoms with Gasteiger partial charge in [0.05, 0.1) is 0 Å². The molecule has 0 saturated carbocycles. The summed E-state index contributed by atoms with van der Waals surface area (Å²) < 4.78 is 32.6. The number of thiophene rings is 1. The summed E-state index contributed by atoms with van der Waals surface area (Å²) in [5, 5.41) is 1.81. The van der Waals surface area contributed by atoms with Gasteiger partial charge in [-0.15, -0.1) is 11.3 Å². The van der Waals surface area contributed by atoms with Gasteiger partial charge >= 0.3 is 0 Å². The molecule has 0 bridgehead atoms. The molecule has 22 heavy (non-hydrogen) atoms. The lowest BCUT2D eigenvalue weighted by Crippen LogP contribution is -2.49. The molecule has 1 aromatic rings. The Balaban J connectivity index is 1.59. The molecule has 3 heterocycles. The molecule has 0 aromatic carbocycles. The van der Waals surface area contributed by atoms with Crippen LogP contribution in [0.25, 0.3) is 0 Å².